The van der Waals surface area contributed by atoms with E-state index in [0.717, 1.165) is 0 Å². The van der Waals surface area contributed by atoms with Crippen molar-refractivity contribution in [2.75, 3.05) is 31.3 Å². The zero-order chi connectivity index (χ0) is 13.7. The van der Waals surface area contributed by atoms with Crippen LogP contribution in [0.4, 0.5) is 15.8 Å². The number of nitrogens with one attached hydrogen (secondary N) is 2. The summed E-state index contributed by atoms with van der Waals surface area (Å²) in [5.41, 5.74) is 1.19. The minimum atomic E-state index is -0.330. The number of halogens is 1. The second-order valence-electron chi connectivity index (χ2n) is 4.77. The summed E-state index contributed by atoms with van der Waals surface area (Å²) in [5.74, 6) is -0.456. The van der Waals surface area contributed by atoms with Crippen LogP contribution in [0, 0.1) is 5.82 Å². The van der Waals surface area contributed by atoms with Crippen LogP contribution in [0.3, 0.4) is 0 Å². The minimum absolute atomic E-state index is 0.126. The van der Waals surface area contributed by atoms with E-state index in [1.165, 1.54) is 12.1 Å². The predicted octanol–water partition coefficient (Wildman–Crippen LogP) is 2.15. The molecule has 0 aliphatic carbocycles. The van der Waals surface area contributed by atoms with E-state index in [1.54, 1.807) is 11.0 Å². The standard InChI is InChI=1S/C13H20FN3O/c1-9(2)15-12-7-10(14)5-6-11(12)16-13(18)8-17(3)4/h5-7,9,15H,8H2,1-4H3,(H,16,18). The number of carbonyl (C=O) groups is 1. The Hall–Kier alpha value is -1.62. The Balaban J connectivity index is 2.83. The van der Waals surface area contributed by atoms with Gasteiger partial charge in [0.05, 0.1) is 17.9 Å². The average molecular weight is 253 g/mol. The summed E-state index contributed by atoms with van der Waals surface area (Å²) in [5, 5.41) is 5.87. The summed E-state index contributed by atoms with van der Waals surface area (Å²) in [4.78, 5) is 13.4. The molecule has 1 aromatic carbocycles. The van der Waals surface area contributed by atoms with Gasteiger partial charge in [-0.25, -0.2) is 4.39 Å². The van der Waals surface area contributed by atoms with Gasteiger partial charge in [-0.05, 0) is 46.1 Å². The molecule has 0 heterocycles. The van der Waals surface area contributed by atoms with Gasteiger partial charge in [-0.3, -0.25) is 4.79 Å². The van der Waals surface area contributed by atoms with Crippen LogP contribution in [0.1, 0.15) is 13.8 Å². The van der Waals surface area contributed by atoms with Crippen LogP contribution in [-0.4, -0.2) is 37.5 Å². The SMILES string of the molecule is CC(C)Nc1cc(F)ccc1NC(=O)CN(C)C. The highest BCUT2D eigenvalue weighted by atomic mass is 19.1. The van der Waals surface area contributed by atoms with E-state index < -0.39 is 0 Å². The van der Waals surface area contributed by atoms with E-state index >= 15 is 0 Å². The van der Waals surface area contributed by atoms with E-state index in [4.69, 9.17) is 0 Å². The third-order valence-electron chi connectivity index (χ3n) is 2.16. The van der Waals surface area contributed by atoms with Crippen molar-refractivity contribution in [2.45, 2.75) is 19.9 Å². The Kier molecular flexibility index (Phi) is 5.09. The Morgan fingerprint density at radius 2 is 2.00 bits per heavy atom. The van der Waals surface area contributed by atoms with Gasteiger partial charge in [0, 0.05) is 6.04 Å². The van der Waals surface area contributed by atoms with Gasteiger partial charge >= 0.3 is 0 Å². The molecule has 0 saturated carbocycles. The summed E-state index contributed by atoms with van der Waals surface area (Å²) in [7, 11) is 3.63. The normalized spacial score (nSPS) is 10.8. The van der Waals surface area contributed by atoms with Crippen LogP contribution >= 0.6 is 0 Å². The molecule has 0 aromatic heterocycles. The zero-order valence-electron chi connectivity index (χ0n) is 11.2. The first-order valence-corrected chi connectivity index (χ1v) is 5.89. The molecule has 0 fully saturated rings. The third kappa shape index (κ3) is 4.71. The molecule has 0 aliphatic rings. The molecule has 0 spiro atoms. The number of nitrogens with zero attached hydrogens (tertiary/aromatic N) is 1. The van der Waals surface area contributed by atoms with Gasteiger partial charge in [0.25, 0.3) is 0 Å². The molecule has 18 heavy (non-hydrogen) atoms. The molecule has 1 aromatic rings. The number of likely N-dealkylation sites (N-methyl/N-ethyl adjacent to an activating group) is 1. The maximum atomic E-state index is 13.2. The monoisotopic (exact) mass is 253 g/mol. The first kappa shape index (κ1) is 14.4. The average Bonchev–Trinajstić information content (AvgIpc) is 2.20. The summed E-state index contributed by atoms with van der Waals surface area (Å²) < 4.78 is 13.2. The molecular formula is C13H20FN3O. The Morgan fingerprint density at radius 1 is 1.33 bits per heavy atom. The van der Waals surface area contributed by atoms with Crippen molar-refractivity contribution in [3.05, 3.63) is 24.0 Å². The van der Waals surface area contributed by atoms with Crippen molar-refractivity contribution in [1.29, 1.82) is 0 Å². The number of rotatable bonds is 5. The van der Waals surface area contributed by atoms with Crippen LogP contribution in [0.15, 0.2) is 18.2 Å². The van der Waals surface area contributed by atoms with Crippen molar-refractivity contribution in [2.24, 2.45) is 0 Å². The summed E-state index contributed by atoms with van der Waals surface area (Å²) in [6.07, 6.45) is 0. The fourth-order valence-electron chi connectivity index (χ4n) is 1.53. The van der Waals surface area contributed by atoms with Gasteiger partial charge in [-0.15, -0.1) is 0 Å². The molecular weight excluding hydrogens is 233 g/mol. The molecule has 0 saturated heterocycles. The van der Waals surface area contributed by atoms with Crippen LogP contribution in [0.25, 0.3) is 0 Å². The lowest BCUT2D eigenvalue weighted by Gasteiger charge is -2.16. The Bertz CT molecular complexity index is 419. The number of amides is 1. The number of hydrogen-bond acceptors (Lipinski definition) is 3. The van der Waals surface area contributed by atoms with Crippen LogP contribution in [0.2, 0.25) is 0 Å². The Morgan fingerprint density at radius 3 is 2.56 bits per heavy atom. The fourth-order valence-corrected chi connectivity index (χ4v) is 1.53. The van der Waals surface area contributed by atoms with E-state index in [2.05, 4.69) is 10.6 Å². The van der Waals surface area contributed by atoms with Gasteiger partial charge < -0.3 is 15.5 Å². The highest BCUT2D eigenvalue weighted by Crippen LogP contribution is 2.23. The number of benzene rings is 1. The third-order valence-corrected chi connectivity index (χ3v) is 2.16. The van der Waals surface area contributed by atoms with Gasteiger partial charge in [-0.1, -0.05) is 0 Å². The topological polar surface area (TPSA) is 44.4 Å². The number of hydrogen-bond donors (Lipinski definition) is 2. The summed E-state index contributed by atoms with van der Waals surface area (Å²) >= 11 is 0. The maximum Gasteiger partial charge on any atom is 0.238 e. The van der Waals surface area contributed by atoms with Gasteiger partial charge in [0.15, 0.2) is 0 Å². The molecule has 0 bridgehead atoms. The second-order valence-corrected chi connectivity index (χ2v) is 4.77. The lowest BCUT2D eigenvalue weighted by Crippen LogP contribution is -2.27. The molecule has 0 radical (unpaired) electrons. The van der Waals surface area contributed by atoms with Gasteiger partial charge in [0.1, 0.15) is 5.82 Å². The largest absolute Gasteiger partial charge is 0.381 e. The van der Waals surface area contributed by atoms with Crippen LogP contribution in [-0.2, 0) is 4.79 Å². The van der Waals surface area contributed by atoms with Crippen molar-refractivity contribution in [1.82, 2.24) is 4.90 Å². The lowest BCUT2D eigenvalue weighted by atomic mass is 10.2. The Labute approximate surface area is 107 Å². The molecule has 1 rings (SSSR count). The maximum absolute atomic E-state index is 13.2. The lowest BCUT2D eigenvalue weighted by molar-refractivity contribution is -0.116. The first-order chi connectivity index (χ1) is 8.38. The molecule has 0 aliphatic heterocycles. The van der Waals surface area contributed by atoms with Gasteiger partial charge in [0.2, 0.25) is 5.91 Å². The quantitative estimate of drug-likeness (QED) is 0.845. The number of anilines is 2. The highest BCUT2D eigenvalue weighted by molar-refractivity contribution is 5.95. The van der Waals surface area contributed by atoms with Crippen molar-refractivity contribution < 1.29 is 9.18 Å². The second kappa shape index (κ2) is 6.35. The molecule has 5 heteroatoms. The minimum Gasteiger partial charge on any atom is -0.381 e. The van der Waals surface area contributed by atoms with Crippen molar-refractivity contribution >= 4 is 17.3 Å². The van der Waals surface area contributed by atoms with E-state index in [-0.39, 0.29) is 17.8 Å². The summed E-state index contributed by atoms with van der Waals surface area (Å²) in [6, 6.07) is 4.44. The van der Waals surface area contributed by atoms with Crippen LogP contribution in [0.5, 0.6) is 0 Å². The van der Waals surface area contributed by atoms with Gasteiger partial charge in [-0.2, -0.15) is 0 Å². The summed E-state index contributed by atoms with van der Waals surface area (Å²) in [6.45, 7) is 4.20. The zero-order valence-corrected chi connectivity index (χ0v) is 11.2. The highest BCUT2D eigenvalue weighted by Gasteiger charge is 2.09. The smallest absolute Gasteiger partial charge is 0.238 e. The number of carbonyl (C=O) groups excluding carboxylic acids is 1. The molecule has 100 valence electrons. The molecule has 0 unspecified atom stereocenters. The van der Waals surface area contributed by atoms with E-state index in [9.17, 15) is 9.18 Å². The molecule has 1 amide bonds. The van der Waals surface area contributed by atoms with E-state index in [0.29, 0.717) is 17.9 Å². The fraction of sp³-hybridized carbons (Fsp3) is 0.462. The van der Waals surface area contributed by atoms with Crippen molar-refractivity contribution in [3.8, 4) is 0 Å². The predicted molar refractivity (Wildman–Crippen MR) is 72.3 cm³/mol. The molecule has 4 nitrogen and oxygen atoms in total. The first-order valence-electron chi connectivity index (χ1n) is 5.89. The van der Waals surface area contributed by atoms with Crippen molar-refractivity contribution in [3.63, 3.8) is 0 Å². The van der Waals surface area contributed by atoms with Crippen LogP contribution < -0.4 is 10.6 Å². The van der Waals surface area contributed by atoms with E-state index in [1.807, 2.05) is 27.9 Å². The molecule has 0 atom stereocenters. The molecule has 2 N–H and O–H groups in total.